The zero-order valence-corrected chi connectivity index (χ0v) is 12.3. The van der Waals surface area contributed by atoms with Crippen LogP contribution in [-0.2, 0) is 0 Å². The fourth-order valence-electron chi connectivity index (χ4n) is 1.66. The SMILES string of the molecule is Cc1cc(F)cc(C(=O)Nc2cccc(Cl)c2Br)c1. The summed E-state index contributed by atoms with van der Waals surface area (Å²) in [6.07, 6.45) is 0. The van der Waals surface area contributed by atoms with E-state index in [1.807, 2.05) is 0 Å². The third-order valence-electron chi connectivity index (χ3n) is 2.50. The first kappa shape index (κ1) is 14.0. The maximum absolute atomic E-state index is 13.3. The number of aryl methyl sites for hydroxylation is 1. The van der Waals surface area contributed by atoms with Crippen molar-refractivity contribution in [2.45, 2.75) is 6.92 Å². The molecular formula is C14H10BrClFNO. The Morgan fingerprint density at radius 2 is 2.05 bits per heavy atom. The monoisotopic (exact) mass is 341 g/mol. The molecule has 0 aliphatic heterocycles. The van der Waals surface area contributed by atoms with Gasteiger partial charge in [-0.25, -0.2) is 4.39 Å². The second-order valence-electron chi connectivity index (χ2n) is 4.07. The highest BCUT2D eigenvalue weighted by Gasteiger charge is 2.11. The van der Waals surface area contributed by atoms with Crippen LogP contribution in [0.5, 0.6) is 0 Å². The first-order valence-electron chi connectivity index (χ1n) is 5.50. The van der Waals surface area contributed by atoms with E-state index in [1.165, 1.54) is 12.1 Å². The Morgan fingerprint density at radius 1 is 1.32 bits per heavy atom. The molecule has 19 heavy (non-hydrogen) atoms. The van der Waals surface area contributed by atoms with Crippen molar-refractivity contribution in [1.82, 2.24) is 0 Å². The summed E-state index contributed by atoms with van der Waals surface area (Å²) in [5.74, 6) is -0.819. The molecule has 2 nitrogen and oxygen atoms in total. The van der Waals surface area contributed by atoms with Crippen LogP contribution in [0, 0.1) is 12.7 Å². The third kappa shape index (κ3) is 3.33. The van der Waals surface area contributed by atoms with E-state index in [-0.39, 0.29) is 11.5 Å². The van der Waals surface area contributed by atoms with E-state index >= 15 is 0 Å². The number of anilines is 1. The van der Waals surface area contributed by atoms with Crippen LogP contribution in [0.4, 0.5) is 10.1 Å². The Hall–Kier alpha value is -1.39. The van der Waals surface area contributed by atoms with Crippen molar-refractivity contribution < 1.29 is 9.18 Å². The minimum absolute atomic E-state index is 0.268. The molecule has 1 N–H and O–H groups in total. The normalized spacial score (nSPS) is 10.3. The van der Waals surface area contributed by atoms with E-state index in [4.69, 9.17) is 11.6 Å². The van der Waals surface area contributed by atoms with Crippen molar-refractivity contribution in [2.75, 3.05) is 5.32 Å². The maximum atomic E-state index is 13.3. The summed E-state index contributed by atoms with van der Waals surface area (Å²) < 4.78 is 13.9. The lowest BCUT2D eigenvalue weighted by molar-refractivity contribution is 0.102. The molecule has 0 aliphatic rings. The highest BCUT2D eigenvalue weighted by atomic mass is 79.9. The van der Waals surface area contributed by atoms with Gasteiger partial charge >= 0.3 is 0 Å². The van der Waals surface area contributed by atoms with Gasteiger partial charge in [0, 0.05) is 5.56 Å². The summed E-state index contributed by atoms with van der Waals surface area (Å²) in [6, 6.07) is 9.32. The lowest BCUT2D eigenvalue weighted by Gasteiger charge is -2.09. The van der Waals surface area contributed by atoms with Crippen molar-refractivity contribution in [1.29, 1.82) is 0 Å². The average molecular weight is 343 g/mol. The number of amides is 1. The van der Waals surface area contributed by atoms with E-state index in [9.17, 15) is 9.18 Å². The minimum Gasteiger partial charge on any atom is -0.321 e. The Balaban J connectivity index is 2.28. The van der Waals surface area contributed by atoms with Crippen LogP contribution >= 0.6 is 27.5 Å². The number of hydrogen-bond acceptors (Lipinski definition) is 1. The Bertz CT molecular complexity index is 625. The summed E-state index contributed by atoms with van der Waals surface area (Å²) in [5, 5.41) is 3.18. The molecule has 0 atom stereocenters. The van der Waals surface area contributed by atoms with Crippen molar-refractivity contribution in [2.24, 2.45) is 0 Å². The Labute approximate surface area is 123 Å². The van der Waals surface area contributed by atoms with Gasteiger partial charge in [0.2, 0.25) is 0 Å². The molecule has 0 fully saturated rings. The molecule has 98 valence electrons. The lowest BCUT2D eigenvalue weighted by atomic mass is 10.1. The molecule has 0 aliphatic carbocycles. The van der Waals surface area contributed by atoms with Crippen molar-refractivity contribution >= 4 is 39.1 Å². The topological polar surface area (TPSA) is 29.1 Å². The van der Waals surface area contributed by atoms with Gasteiger partial charge in [0.05, 0.1) is 15.2 Å². The van der Waals surface area contributed by atoms with Crippen LogP contribution in [0.15, 0.2) is 40.9 Å². The van der Waals surface area contributed by atoms with Crippen molar-refractivity contribution in [3.63, 3.8) is 0 Å². The smallest absolute Gasteiger partial charge is 0.255 e. The fraction of sp³-hybridized carbons (Fsp3) is 0.0714. The lowest BCUT2D eigenvalue weighted by Crippen LogP contribution is -2.12. The van der Waals surface area contributed by atoms with E-state index in [1.54, 1.807) is 31.2 Å². The number of nitrogens with one attached hydrogen (secondary N) is 1. The number of hydrogen-bond donors (Lipinski definition) is 1. The largest absolute Gasteiger partial charge is 0.321 e. The van der Waals surface area contributed by atoms with Gasteiger partial charge in [-0.2, -0.15) is 0 Å². The first-order chi connectivity index (χ1) is 8.97. The molecule has 2 aromatic carbocycles. The Morgan fingerprint density at radius 3 is 2.74 bits per heavy atom. The molecule has 2 rings (SSSR count). The Kier molecular flexibility index (Phi) is 4.22. The standard InChI is InChI=1S/C14H10BrClFNO/c1-8-5-9(7-10(17)6-8)14(19)18-12-4-2-3-11(16)13(12)15/h2-7H,1H3,(H,18,19). The number of carbonyl (C=O) groups is 1. The summed E-state index contributed by atoms with van der Waals surface area (Å²) >= 11 is 9.22. The molecule has 1 amide bonds. The predicted octanol–water partition coefficient (Wildman–Crippen LogP) is 4.80. The van der Waals surface area contributed by atoms with Crippen LogP contribution in [-0.4, -0.2) is 5.91 Å². The summed E-state index contributed by atoms with van der Waals surface area (Å²) in [7, 11) is 0. The molecule has 0 saturated carbocycles. The number of halogens is 3. The number of rotatable bonds is 2. The zero-order chi connectivity index (χ0) is 14.0. The van der Waals surface area contributed by atoms with Crippen LogP contribution in [0.2, 0.25) is 5.02 Å². The quantitative estimate of drug-likeness (QED) is 0.834. The molecule has 0 saturated heterocycles. The van der Waals surface area contributed by atoms with Gasteiger partial charge in [0.1, 0.15) is 5.82 Å². The fourth-order valence-corrected chi connectivity index (χ4v) is 2.20. The van der Waals surface area contributed by atoms with E-state index < -0.39 is 5.82 Å². The van der Waals surface area contributed by atoms with Crippen LogP contribution in [0.3, 0.4) is 0 Å². The van der Waals surface area contributed by atoms with E-state index in [0.29, 0.717) is 20.7 Å². The second-order valence-corrected chi connectivity index (χ2v) is 5.27. The van der Waals surface area contributed by atoms with Crippen molar-refractivity contribution in [3.8, 4) is 0 Å². The van der Waals surface area contributed by atoms with Gasteiger partial charge in [-0.1, -0.05) is 17.7 Å². The van der Waals surface area contributed by atoms with E-state index in [2.05, 4.69) is 21.2 Å². The molecule has 2 aromatic rings. The molecular weight excluding hydrogens is 333 g/mol. The van der Waals surface area contributed by atoms with Gasteiger partial charge in [-0.05, 0) is 58.7 Å². The molecule has 0 bridgehead atoms. The number of benzene rings is 2. The van der Waals surface area contributed by atoms with Gasteiger partial charge in [-0.15, -0.1) is 0 Å². The summed E-state index contributed by atoms with van der Waals surface area (Å²) in [5.41, 5.74) is 1.50. The first-order valence-corrected chi connectivity index (χ1v) is 6.67. The minimum atomic E-state index is -0.435. The average Bonchev–Trinajstić information content (AvgIpc) is 2.33. The van der Waals surface area contributed by atoms with Crippen LogP contribution < -0.4 is 5.32 Å². The van der Waals surface area contributed by atoms with Gasteiger partial charge in [0.15, 0.2) is 0 Å². The zero-order valence-electron chi connectivity index (χ0n) is 10.0. The van der Waals surface area contributed by atoms with Gasteiger partial charge in [0.25, 0.3) is 5.91 Å². The molecule has 0 unspecified atom stereocenters. The highest BCUT2D eigenvalue weighted by molar-refractivity contribution is 9.10. The molecule has 0 spiro atoms. The van der Waals surface area contributed by atoms with Gasteiger partial charge < -0.3 is 5.32 Å². The third-order valence-corrected chi connectivity index (χ3v) is 3.90. The molecule has 0 aromatic heterocycles. The second kappa shape index (κ2) is 5.72. The van der Waals surface area contributed by atoms with E-state index in [0.717, 1.165) is 0 Å². The highest BCUT2D eigenvalue weighted by Crippen LogP contribution is 2.30. The summed E-state index contributed by atoms with van der Waals surface area (Å²) in [4.78, 5) is 12.0. The van der Waals surface area contributed by atoms with Gasteiger partial charge in [-0.3, -0.25) is 4.79 Å². The summed E-state index contributed by atoms with van der Waals surface area (Å²) in [6.45, 7) is 1.73. The maximum Gasteiger partial charge on any atom is 0.255 e. The van der Waals surface area contributed by atoms with Crippen LogP contribution in [0.25, 0.3) is 0 Å². The van der Waals surface area contributed by atoms with Crippen LogP contribution in [0.1, 0.15) is 15.9 Å². The molecule has 0 heterocycles. The molecule has 0 radical (unpaired) electrons. The molecule has 5 heteroatoms. The number of carbonyl (C=O) groups excluding carboxylic acids is 1. The predicted molar refractivity (Wildman–Crippen MR) is 78.2 cm³/mol. The van der Waals surface area contributed by atoms with Crippen molar-refractivity contribution in [3.05, 3.63) is 62.8 Å².